The maximum atomic E-state index is 12.6. The lowest BCUT2D eigenvalue weighted by atomic mass is 9.93. The van der Waals surface area contributed by atoms with Gasteiger partial charge in [0.25, 0.3) is 0 Å². The summed E-state index contributed by atoms with van der Waals surface area (Å²) in [5.41, 5.74) is 4.65. The molecular weight excluding hydrogens is 458 g/mol. The van der Waals surface area contributed by atoms with Gasteiger partial charge in [-0.05, 0) is 61.2 Å². The number of nitrogens with two attached hydrogens (primary N) is 1. The normalized spacial score (nSPS) is 14.6. The van der Waals surface area contributed by atoms with E-state index >= 15 is 0 Å². The predicted molar refractivity (Wildman–Crippen MR) is 111 cm³/mol. The molecule has 0 amide bonds. The van der Waals surface area contributed by atoms with Gasteiger partial charge in [-0.3, -0.25) is 4.57 Å². The van der Waals surface area contributed by atoms with E-state index in [1.165, 1.54) is 18.2 Å². The second kappa shape index (κ2) is 10.2. The summed E-state index contributed by atoms with van der Waals surface area (Å²) in [6.45, 7) is -0.489. The van der Waals surface area contributed by atoms with Crippen LogP contribution in [0.1, 0.15) is 24.0 Å². The third-order valence-electron chi connectivity index (χ3n) is 4.43. The Labute approximate surface area is 182 Å². The fourth-order valence-corrected chi connectivity index (χ4v) is 3.47. The predicted octanol–water partition coefficient (Wildman–Crippen LogP) is 4.86. The number of benzene rings is 2. The Morgan fingerprint density at radius 1 is 1.10 bits per heavy atom. The first-order valence-electron chi connectivity index (χ1n) is 9.10. The van der Waals surface area contributed by atoms with Crippen molar-refractivity contribution in [2.45, 2.75) is 31.0 Å². The highest BCUT2D eigenvalue weighted by atomic mass is 35.5. The molecule has 11 heteroatoms. The van der Waals surface area contributed by atoms with E-state index in [-0.39, 0.29) is 12.2 Å². The minimum Gasteiger partial charge on any atom is -0.457 e. The molecule has 5 N–H and O–H groups in total. The van der Waals surface area contributed by atoms with Crippen molar-refractivity contribution in [3.63, 3.8) is 0 Å². The van der Waals surface area contributed by atoms with Crippen LogP contribution < -0.4 is 10.5 Å². The Hall–Kier alpha value is -1.87. The van der Waals surface area contributed by atoms with Crippen LogP contribution in [0.5, 0.6) is 11.5 Å². The Bertz CT molecular complexity index is 962. The highest BCUT2D eigenvalue weighted by Crippen LogP contribution is 2.37. The van der Waals surface area contributed by atoms with Crippen LogP contribution in [0.4, 0.5) is 13.2 Å². The van der Waals surface area contributed by atoms with Gasteiger partial charge in [-0.1, -0.05) is 23.7 Å². The second-order valence-corrected chi connectivity index (χ2v) is 8.91. The van der Waals surface area contributed by atoms with E-state index in [2.05, 4.69) is 0 Å². The fourth-order valence-electron chi connectivity index (χ4n) is 2.71. The maximum absolute atomic E-state index is 12.6. The van der Waals surface area contributed by atoms with Crippen molar-refractivity contribution in [2.24, 2.45) is 5.73 Å². The summed E-state index contributed by atoms with van der Waals surface area (Å²) in [6, 6.07) is 9.12. The van der Waals surface area contributed by atoms with E-state index < -0.39 is 31.5 Å². The number of aliphatic hydroxyl groups excluding tert-OH is 1. The fraction of sp³-hybridized carbons (Fsp3) is 0.300. The van der Waals surface area contributed by atoms with Gasteiger partial charge >= 0.3 is 13.8 Å². The van der Waals surface area contributed by atoms with Gasteiger partial charge in [0.05, 0.1) is 17.7 Å². The lowest BCUT2D eigenvalue weighted by molar-refractivity contribution is -0.137. The van der Waals surface area contributed by atoms with Crippen LogP contribution in [0.3, 0.4) is 0 Å². The zero-order valence-corrected chi connectivity index (χ0v) is 17.9. The van der Waals surface area contributed by atoms with E-state index in [0.29, 0.717) is 29.4 Å². The number of hydrogen-bond acceptors (Lipinski definition) is 4. The van der Waals surface area contributed by atoms with Crippen molar-refractivity contribution in [2.75, 3.05) is 6.61 Å². The molecule has 0 heterocycles. The number of ether oxygens (including phenoxy) is 1. The van der Waals surface area contributed by atoms with Crippen molar-refractivity contribution in [3.05, 3.63) is 70.5 Å². The molecule has 31 heavy (non-hydrogen) atoms. The average Bonchev–Trinajstić information content (AvgIpc) is 2.67. The molecule has 0 aliphatic heterocycles. The Kier molecular flexibility index (Phi) is 8.33. The summed E-state index contributed by atoms with van der Waals surface area (Å²) in [4.78, 5) is 17.8. The average molecular weight is 480 g/mol. The topological polar surface area (TPSA) is 113 Å². The molecule has 0 fully saturated rings. The molecule has 2 aromatic rings. The summed E-state index contributed by atoms with van der Waals surface area (Å²) < 4.78 is 54.3. The number of rotatable bonds is 9. The molecule has 0 saturated carbocycles. The van der Waals surface area contributed by atoms with Crippen LogP contribution in [0, 0.1) is 0 Å². The van der Waals surface area contributed by atoms with Crippen molar-refractivity contribution in [3.8, 4) is 11.5 Å². The van der Waals surface area contributed by atoms with E-state index in [0.717, 1.165) is 23.8 Å². The van der Waals surface area contributed by atoms with Crippen molar-refractivity contribution in [1.29, 1.82) is 0 Å². The van der Waals surface area contributed by atoms with Gasteiger partial charge in [0, 0.05) is 10.8 Å². The summed E-state index contributed by atoms with van der Waals surface area (Å²) in [7, 11) is -4.38. The third kappa shape index (κ3) is 8.29. The molecule has 1 unspecified atom stereocenters. The number of aryl methyl sites for hydroxylation is 1. The van der Waals surface area contributed by atoms with Crippen LogP contribution in [0.2, 0.25) is 5.02 Å². The maximum Gasteiger partial charge on any atom is 0.416 e. The summed E-state index contributed by atoms with van der Waals surface area (Å²) in [6.07, 6.45) is -2.12. The molecule has 2 aromatic carbocycles. The highest BCUT2D eigenvalue weighted by Gasteiger charge is 2.30. The largest absolute Gasteiger partial charge is 0.457 e. The Morgan fingerprint density at radius 3 is 2.23 bits per heavy atom. The summed E-state index contributed by atoms with van der Waals surface area (Å²) in [5, 5.41) is 9.81. The van der Waals surface area contributed by atoms with E-state index in [9.17, 15) is 22.8 Å². The molecule has 170 valence electrons. The van der Waals surface area contributed by atoms with Gasteiger partial charge in [-0.2, -0.15) is 13.2 Å². The van der Waals surface area contributed by atoms with Gasteiger partial charge in [0.2, 0.25) is 0 Å². The number of alkyl halides is 3. The lowest BCUT2D eigenvalue weighted by Gasteiger charge is -2.23. The van der Waals surface area contributed by atoms with Crippen LogP contribution in [-0.4, -0.2) is 27.0 Å². The molecule has 0 aliphatic rings. The molecule has 2 rings (SSSR count). The van der Waals surface area contributed by atoms with Crippen LogP contribution in [-0.2, 0) is 17.2 Å². The number of aliphatic hydroxyl groups is 1. The number of halogens is 4. The zero-order chi connectivity index (χ0) is 23.3. The summed E-state index contributed by atoms with van der Waals surface area (Å²) >= 11 is 6.26. The third-order valence-corrected chi connectivity index (χ3v) is 5.31. The number of hydrogen-bond donors (Lipinski definition) is 4. The van der Waals surface area contributed by atoms with E-state index in [1.807, 2.05) is 0 Å². The molecule has 0 bridgehead atoms. The first-order valence-corrected chi connectivity index (χ1v) is 11.2. The van der Waals surface area contributed by atoms with Crippen LogP contribution in [0.15, 0.2) is 54.4 Å². The quantitative estimate of drug-likeness (QED) is 0.382. The van der Waals surface area contributed by atoms with Crippen LogP contribution in [0.25, 0.3) is 0 Å². The Morgan fingerprint density at radius 2 is 1.71 bits per heavy atom. The monoisotopic (exact) mass is 479 g/mol. The molecule has 0 aromatic heterocycles. The first-order chi connectivity index (χ1) is 14.3. The van der Waals surface area contributed by atoms with Crippen molar-refractivity contribution < 1.29 is 37.4 Å². The second-order valence-electron chi connectivity index (χ2n) is 7.03. The smallest absolute Gasteiger partial charge is 0.416 e. The molecule has 0 saturated heterocycles. The molecule has 1 atom stereocenters. The summed E-state index contributed by atoms with van der Waals surface area (Å²) in [5.74, 6) is 1.25. The van der Waals surface area contributed by atoms with Crippen molar-refractivity contribution in [1.82, 2.24) is 0 Å². The standard InChI is InChI=1S/C20H22ClF3NO5P/c21-18-12-17(30-16-7-4-15(5-8-16)20(22,23)24)6-3-14(18)2-1-9-19(25,13-26)10-11-31(27,28)29/h3-8,10-12,26H,1-2,9,13,25H2,(H2,27,28,29)/b11-10+. The minimum absolute atomic E-state index is 0.226. The van der Waals surface area contributed by atoms with E-state index in [1.54, 1.807) is 12.1 Å². The molecule has 0 radical (unpaired) electrons. The molecule has 0 spiro atoms. The molecule has 6 nitrogen and oxygen atoms in total. The first kappa shape index (κ1) is 25.4. The highest BCUT2D eigenvalue weighted by molar-refractivity contribution is 7.55. The lowest BCUT2D eigenvalue weighted by Crippen LogP contribution is -2.41. The van der Waals surface area contributed by atoms with Gasteiger partial charge in [0.1, 0.15) is 11.5 Å². The molecular formula is C20H22ClF3NO5P. The van der Waals surface area contributed by atoms with Gasteiger partial charge in [-0.15, -0.1) is 0 Å². The minimum atomic E-state index is -4.42. The van der Waals surface area contributed by atoms with Gasteiger partial charge < -0.3 is 25.4 Å². The van der Waals surface area contributed by atoms with Gasteiger partial charge in [0.15, 0.2) is 0 Å². The zero-order valence-electron chi connectivity index (χ0n) is 16.2. The Balaban J connectivity index is 1.98. The SMILES string of the molecule is NC(/C=C/P(=O)(O)O)(CO)CCCc1ccc(Oc2ccc(C(F)(F)F)cc2)cc1Cl. The van der Waals surface area contributed by atoms with Crippen LogP contribution >= 0.6 is 19.2 Å². The molecule has 0 aliphatic carbocycles. The van der Waals surface area contributed by atoms with E-state index in [4.69, 9.17) is 31.9 Å². The van der Waals surface area contributed by atoms with Crippen molar-refractivity contribution >= 4 is 19.2 Å². The van der Waals surface area contributed by atoms with Gasteiger partial charge in [-0.25, -0.2) is 0 Å².